The fourth-order valence-electron chi connectivity index (χ4n) is 1.60. The lowest BCUT2D eigenvalue weighted by atomic mass is 10.1. The molecule has 1 aromatic carbocycles. The molecule has 1 heterocycles. The van der Waals surface area contributed by atoms with Gasteiger partial charge in [0.05, 0.1) is 5.52 Å². The lowest BCUT2D eigenvalue weighted by Gasteiger charge is -2.19. The summed E-state index contributed by atoms with van der Waals surface area (Å²) in [6.45, 7) is 3.38. The highest BCUT2D eigenvalue weighted by atomic mass is 79.9. The number of hydrogen-bond donors (Lipinski definition) is 3. The number of hydrogen-bond acceptors (Lipinski definition) is 5. The monoisotopic (exact) mass is 433 g/mol. The average Bonchev–Trinajstić information content (AvgIpc) is 2.66. The van der Waals surface area contributed by atoms with Crippen molar-refractivity contribution in [1.29, 1.82) is 0 Å². The molecule has 0 unspecified atom stereocenters. The van der Waals surface area contributed by atoms with Crippen molar-refractivity contribution in [3.63, 3.8) is 0 Å². The minimum atomic E-state index is -3.92. The molecule has 22 heavy (non-hydrogen) atoms. The summed E-state index contributed by atoms with van der Waals surface area (Å²) in [7, 11) is -3.92. The second-order valence-electron chi connectivity index (χ2n) is 5.21. The van der Waals surface area contributed by atoms with Crippen molar-refractivity contribution in [2.45, 2.75) is 24.3 Å². The van der Waals surface area contributed by atoms with Crippen molar-refractivity contribution in [3.8, 4) is 0 Å². The number of aromatic amines is 1. The smallest absolute Gasteiger partial charge is 0.406 e. The van der Waals surface area contributed by atoms with E-state index in [1.807, 2.05) is 0 Å². The molecule has 0 aliphatic heterocycles. The van der Waals surface area contributed by atoms with Crippen molar-refractivity contribution in [3.05, 3.63) is 26.1 Å². The summed E-state index contributed by atoms with van der Waals surface area (Å²) in [4.78, 5) is 13.4. The van der Waals surface area contributed by atoms with Crippen LogP contribution >= 0.6 is 39.9 Å². The maximum Gasteiger partial charge on any atom is 0.417 e. The van der Waals surface area contributed by atoms with E-state index in [0.717, 1.165) is 0 Å². The van der Waals surface area contributed by atoms with Crippen LogP contribution in [0.15, 0.2) is 24.6 Å². The van der Waals surface area contributed by atoms with Gasteiger partial charge in [-0.05, 0) is 35.8 Å². The Morgan fingerprint density at radius 2 is 2.09 bits per heavy atom. The quantitative estimate of drug-likeness (QED) is 0.679. The molecule has 0 aliphatic carbocycles. The van der Waals surface area contributed by atoms with E-state index in [-0.39, 0.29) is 38.9 Å². The highest BCUT2D eigenvalue weighted by Crippen LogP contribution is 2.35. The van der Waals surface area contributed by atoms with E-state index in [0.29, 0.717) is 5.52 Å². The first-order valence-electron chi connectivity index (χ1n) is 5.81. The van der Waals surface area contributed by atoms with Gasteiger partial charge < -0.3 is 10.2 Å². The molecule has 0 aliphatic rings. The normalized spacial score (nSPS) is 12.4. The second kappa shape index (κ2) is 6.50. The van der Waals surface area contributed by atoms with Crippen LogP contribution in [-0.2, 0) is 10.0 Å². The topological polar surface area (TPSA) is 118 Å². The minimum Gasteiger partial charge on any atom is -0.406 e. The molecule has 0 bridgehead atoms. The standard InChI is InChI=1S/C11H13BrClN3O4S.ClH/c1-11(2,14)4-15-21(18,19)9-5(12)3-6-8(7(9)13)20-10(17)16-6;/h3,15H,4,14H2,1-2H3,(H,16,17);1H. The third-order valence-electron chi connectivity index (χ3n) is 2.55. The molecule has 4 N–H and O–H groups in total. The Morgan fingerprint density at radius 1 is 1.50 bits per heavy atom. The lowest BCUT2D eigenvalue weighted by molar-refractivity contribution is 0.497. The van der Waals surface area contributed by atoms with Crippen molar-refractivity contribution in [2.75, 3.05) is 6.54 Å². The zero-order chi connectivity index (χ0) is 16.0. The number of benzene rings is 1. The molecule has 2 rings (SSSR count). The molecule has 0 saturated carbocycles. The summed E-state index contributed by atoms with van der Waals surface area (Å²) >= 11 is 9.20. The Morgan fingerprint density at radius 3 is 2.64 bits per heavy atom. The molecule has 0 saturated heterocycles. The molecule has 0 fully saturated rings. The van der Waals surface area contributed by atoms with Crippen LogP contribution in [-0.4, -0.2) is 25.5 Å². The molecule has 0 amide bonds. The van der Waals surface area contributed by atoms with Crippen LogP contribution in [0.1, 0.15) is 13.8 Å². The summed E-state index contributed by atoms with van der Waals surface area (Å²) in [6, 6.07) is 1.41. The van der Waals surface area contributed by atoms with Crippen LogP contribution < -0.4 is 16.2 Å². The van der Waals surface area contributed by atoms with Crippen molar-refractivity contribution in [1.82, 2.24) is 9.71 Å². The third-order valence-corrected chi connectivity index (χ3v) is 5.40. The van der Waals surface area contributed by atoms with Gasteiger partial charge in [-0.25, -0.2) is 17.9 Å². The first kappa shape index (κ1) is 19.5. The Balaban J connectivity index is 0.00000242. The van der Waals surface area contributed by atoms with Crippen LogP contribution in [0.2, 0.25) is 5.02 Å². The number of fused-ring (bicyclic) bond motifs is 1. The average molecular weight is 435 g/mol. The fourth-order valence-corrected chi connectivity index (χ4v) is 4.68. The fraction of sp³-hybridized carbons (Fsp3) is 0.364. The summed E-state index contributed by atoms with van der Waals surface area (Å²) < 4.78 is 32.2. The van der Waals surface area contributed by atoms with Gasteiger partial charge in [-0.2, -0.15) is 0 Å². The molecule has 0 atom stereocenters. The number of sulfonamides is 1. The van der Waals surface area contributed by atoms with Gasteiger partial charge in [0.2, 0.25) is 10.0 Å². The Hall–Kier alpha value is -0.580. The Labute approximate surface area is 146 Å². The number of nitrogens with one attached hydrogen (secondary N) is 2. The van der Waals surface area contributed by atoms with Gasteiger partial charge in [0.1, 0.15) is 9.92 Å². The largest absolute Gasteiger partial charge is 0.417 e. The summed E-state index contributed by atoms with van der Waals surface area (Å²) in [5.41, 5.74) is 5.31. The molecule has 0 radical (unpaired) electrons. The Kier molecular flexibility index (Phi) is 5.75. The molecule has 7 nitrogen and oxygen atoms in total. The first-order valence-corrected chi connectivity index (χ1v) is 8.46. The van der Waals surface area contributed by atoms with Gasteiger partial charge >= 0.3 is 5.76 Å². The van der Waals surface area contributed by atoms with E-state index in [9.17, 15) is 13.2 Å². The van der Waals surface area contributed by atoms with Crippen LogP contribution in [0.5, 0.6) is 0 Å². The highest BCUT2D eigenvalue weighted by molar-refractivity contribution is 9.10. The number of aromatic nitrogens is 1. The van der Waals surface area contributed by atoms with Crippen LogP contribution in [0, 0.1) is 0 Å². The predicted molar refractivity (Wildman–Crippen MR) is 90.2 cm³/mol. The maximum absolute atomic E-state index is 12.4. The van der Waals surface area contributed by atoms with E-state index in [2.05, 4.69) is 25.6 Å². The molecular formula is C11H14BrCl2N3O4S. The zero-order valence-corrected chi connectivity index (χ0v) is 15.5. The number of oxazole rings is 1. The predicted octanol–water partition coefficient (Wildman–Crippen LogP) is 1.97. The molecule has 0 spiro atoms. The highest BCUT2D eigenvalue weighted by Gasteiger charge is 2.27. The summed E-state index contributed by atoms with van der Waals surface area (Å²) in [5, 5.41) is -0.181. The number of rotatable bonds is 4. The number of halogens is 3. The van der Waals surface area contributed by atoms with Crippen LogP contribution in [0.3, 0.4) is 0 Å². The van der Waals surface area contributed by atoms with Gasteiger partial charge in [0.15, 0.2) is 5.58 Å². The zero-order valence-electron chi connectivity index (χ0n) is 11.6. The lowest BCUT2D eigenvalue weighted by Crippen LogP contribution is -2.45. The maximum atomic E-state index is 12.4. The van der Waals surface area contributed by atoms with E-state index in [4.69, 9.17) is 21.8 Å². The second-order valence-corrected chi connectivity index (χ2v) is 8.14. The van der Waals surface area contributed by atoms with E-state index in [1.54, 1.807) is 13.8 Å². The molecule has 1 aromatic heterocycles. The number of nitrogens with two attached hydrogens (primary N) is 1. The van der Waals surface area contributed by atoms with Gasteiger partial charge in [0, 0.05) is 16.6 Å². The summed E-state index contributed by atoms with van der Waals surface area (Å²) in [6.07, 6.45) is 0. The summed E-state index contributed by atoms with van der Waals surface area (Å²) in [5.74, 6) is -0.718. The van der Waals surface area contributed by atoms with Gasteiger partial charge in [-0.1, -0.05) is 11.6 Å². The van der Waals surface area contributed by atoms with Crippen LogP contribution in [0.4, 0.5) is 0 Å². The Bertz CT molecular complexity index is 855. The van der Waals surface area contributed by atoms with E-state index in [1.165, 1.54) is 6.07 Å². The van der Waals surface area contributed by atoms with Gasteiger partial charge in [-0.3, -0.25) is 4.98 Å². The van der Waals surface area contributed by atoms with Gasteiger partial charge in [-0.15, -0.1) is 12.4 Å². The van der Waals surface area contributed by atoms with E-state index < -0.39 is 21.3 Å². The molecule has 11 heteroatoms. The molecule has 2 aromatic rings. The SMILES string of the molecule is CC(C)(N)CNS(=O)(=O)c1c(Br)cc2[nH]c(=O)oc2c1Cl.Cl. The first-order chi connectivity index (χ1) is 9.51. The van der Waals surface area contributed by atoms with Crippen molar-refractivity contribution < 1.29 is 12.8 Å². The van der Waals surface area contributed by atoms with E-state index >= 15 is 0 Å². The molecule has 124 valence electrons. The van der Waals surface area contributed by atoms with Crippen LogP contribution in [0.25, 0.3) is 11.1 Å². The van der Waals surface area contributed by atoms with Gasteiger partial charge in [0.25, 0.3) is 0 Å². The third kappa shape index (κ3) is 4.03. The van der Waals surface area contributed by atoms with Crippen molar-refractivity contribution in [2.24, 2.45) is 5.73 Å². The van der Waals surface area contributed by atoms with Crippen molar-refractivity contribution >= 4 is 61.1 Å². The number of H-pyrrole nitrogens is 1. The minimum absolute atomic E-state index is 0. The molecular weight excluding hydrogens is 421 g/mol.